The predicted molar refractivity (Wildman–Crippen MR) is 53.2 cm³/mol. The summed E-state index contributed by atoms with van der Waals surface area (Å²) in [5.74, 6) is 0.641. The molecule has 0 heterocycles. The van der Waals surface area contributed by atoms with E-state index in [1.807, 2.05) is 0 Å². The lowest BCUT2D eigenvalue weighted by molar-refractivity contribution is -0.122. The Hall–Kier alpha value is -0.570. The highest BCUT2D eigenvalue weighted by Crippen LogP contribution is 2.27. The Balaban J connectivity index is 2.31. The highest BCUT2D eigenvalue weighted by atomic mass is 16.2. The molecule has 3 nitrogen and oxygen atoms in total. The molecule has 0 saturated heterocycles. The molecular formula is C10H20N2O. The summed E-state index contributed by atoms with van der Waals surface area (Å²) in [6.07, 6.45) is 5.12. The van der Waals surface area contributed by atoms with Gasteiger partial charge in [0.2, 0.25) is 5.91 Å². The van der Waals surface area contributed by atoms with Crippen molar-refractivity contribution in [3.63, 3.8) is 0 Å². The second-order valence-electron chi connectivity index (χ2n) is 4.13. The summed E-state index contributed by atoms with van der Waals surface area (Å²) < 4.78 is 0. The van der Waals surface area contributed by atoms with Crippen molar-refractivity contribution < 1.29 is 4.79 Å². The summed E-state index contributed by atoms with van der Waals surface area (Å²) in [6, 6.07) is -0.0927. The zero-order chi connectivity index (χ0) is 9.84. The van der Waals surface area contributed by atoms with Gasteiger partial charge < -0.3 is 11.1 Å². The zero-order valence-corrected chi connectivity index (χ0v) is 8.55. The summed E-state index contributed by atoms with van der Waals surface area (Å²) in [7, 11) is 0. The van der Waals surface area contributed by atoms with Crippen LogP contribution in [0.25, 0.3) is 0 Å². The fourth-order valence-electron chi connectivity index (χ4n) is 1.93. The lowest BCUT2D eigenvalue weighted by Crippen LogP contribution is -2.45. The normalized spacial score (nSPS) is 22.7. The number of amides is 1. The van der Waals surface area contributed by atoms with E-state index >= 15 is 0 Å². The van der Waals surface area contributed by atoms with Gasteiger partial charge in [-0.2, -0.15) is 0 Å². The molecule has 1 aliphatic rings. The van der Waals surface area contributed by atoms with Crippen LogP contribution in [0.1, 0.15) is 39.5 Å². The van der Waals surface area contributed by atoms with Crippen LogP contribution in [0.3, 0.4) is 0 Å². The third-order valence-corrected chi connectivity index (χ3v) is 2.89. The molecule has 1 rings (SSSR count). The third kappa shape index (κ3) is 2.99. The third-order valence-electron chi connectivity index (χ3n) is 2.89. The molecule has 0 bridgehead atoms. The predicted octanol–water partition coefficient (Wildman–Crippen LogP) is 1.03. The van der Waals surface area contributed by atoms with E-state index in [1.165, 1.54) is 25.7 Å². The van der Waals surface area contributed by atoms with Crippen LogP contribution in [0.15, 0.2) is 0 Å². The molecule has 1 amide bonds. The molecule has 0 unspecified atom stereocenters. The maximum atomic E-state index is 11.3. The summed E-state index contributed by atoms with van der Waals surface area (Å²) in [5.41, 5.74) is 5.47. The number of carbonyl (C=O) groups excluding carboxylic acids is 1. The number of hydrogen-bond acceptors (Lipinski definition) is 2. The Morgan fingerprint density at radius 1 is 1.38 bits per heavy atom. The first-order chi connectivity index (χ1) is 6.11. The average molecular weight is 184 g/mol. The van der Waals surface area contributed by atoms with Gasteiger partial charge in [0, 0.05) is 6.04 Å². The van der Waals surface area contributed by atoms with E-state index in [2.05, 4.69) is 12.2 Å². The van der Waals surface area contributed by atoms with Gasteiger partial charge in [0.25, 0.3) is 0 Å². The van der Waals surface area contributed by atoms with Crippen LogP contribution in [0.4, 0.5) is 0 Å². The van der Waals surface area contributed by atoms with Gasteiger partial charge >= 0.3 is 0 Å². The first kappa shape index (κ1) is 10.5. The first-order valence-corrected chi connectivity index (χ1v) is 5.17. The molecule has 0 aromatic carbocycles. The lowest BCUT2D eigenvalue weighted by atomic mass is 9.99. The van der Waals surface area contributed by atoms with E-state index in [9.17, 15) is 4.79 Å². The van der Waals surface area contributed by atoms with Crippen molar-refractivity contribution >= 4 is 5.91 Å². The quantitative estimate of drug-likeness (QED) is 0.688. The maximum absolute atomic E-state index is 11.3. The summed E-state index contributed by atoms with van der Waals surface area (Å²) in [6.45, 7) is 3.80. The molecule has 0 spiro atoms. The molecule has 0 aromatic heterocycles. The zero-order valence-electron chi connectivity index (χ0n) is 8.55. The fraction of sp³-hybridized carbons (Fsp3) is 0.900. The minimum atomic E-state index is -0.385. The number of carbonyl (C=O) groups is 1. The minimum absolute atomic E-state index is 0.0283. The van der Waals surface area contributed by atoms with Crippen LogP contribution < -0.4 is 11.1 Å². The number of nitrogens with one attached hydrogen (secondary N) is 1. The van der Waals surface area contributed by atoms with Crippen LogP contribution in [-0.4, -0.2) is 18.0 Å². The Bertz CT molecular complexity index is 174. The molecule has 13 heavy (non-hydrogen) atoms. The summed E-state index contributed by atoms with van der Waals surface area (Å²) in [5, 5.41) is 2.96. The van der Waals surface area contributed by atoms with Gasteiger partial charge in [-0.1, -0.05) is 12.8 Å². The van der Waals surface area contributed by atoms with Crippen molar-refractivity contribution in [3.05, 3.63) is 0 Å². The van der Waals surface area contributed by atoms with E-state index in [1.54, 1.807) is 6.92 Å². The Labute approximate surface area is 80.1 Å². The van der Waals surface area contributed by atoms with Gasteiger partial charge in [0.1, 0.15) is 0 Å². The molecule has 1 saturated carbocycles. The van der Waals surface area contributed by atoms with Gasteiger partial charge in [0.05, 0.1) is 6.04 Å². The molecule has 2 atom stereocenters. The topological polar surface area (TPSA) is 55.1 Å². The van der Waals surface area contributed by atoms with Crippen molar-refractivity contribution in [2.75, 3.05) is 0 Å². The highest BCUT2D eigenvalue weighted by molar-refractivity contribution is 5.81. The Kier molecular flexibility index (Phi) is 3.72. The van der Waals surface area contributed by atoms with Crippen molar-refractivity contribution in [1.82, 2.24) is 5.32 Å². The van der Waals surface area contributed by atoms with Gasteiger partial charge in [-0.25, -0.2) is 0 Å². The fourth-order valence-corrected chi connectivity index (χ4v) is 1.93. The molecule has 0 aromatic rings. The summed E-state index contributed by atoms with van der Waals surface area (Å²) in [4.78, 5) is 11.3. The van der Waals surface area contributed by atoms with Crippen LogP contribution in [-0.2, 0) is 4.79 Å². The largest absolute Gasteiger partial charge is 0.352 e. The van der Waals surface area contributed by atoms with E-state index in [-0.39, 0.29) is 11.9 Å². The SMILES string of the molecule is C[C@H](N)C(=O)N[C@H](C)C1CCCC1. The second kappa shape index (κ2) is 4.61. The van der Waals surface area contributed by atoms with Crippen LogP contribution in [0, 0.1) is 5.92 Å². The molecular weight excluding hydrogens is 164 g/mol. The standard InChI is InChI=1S/C10H20N2O/c1-7(11)10(13)12-8(2)9-5-3-4-6-9/h7-9H,3-6,11H2,1-2H3,(H,12,13)/t7-,8+/m0/s1. The average Bonchev–Trinajstić information content (AvgIpc) is 2.55. The van der Waals surface area contributed by atoms with Crippen molar-refractivity contribution in [1.29, 1.82) is 0 Å². The maximum Gasteiger partial charge on any atom is 0.236 e. The highest BCUT2D eigenvalue weighted by Gasteiger charge is 2.23. The van der Waals surface area contributed by atoms with Crippen molar-refractivity contribution in [3.8, 4) is 0 Å². The van der Waals surface area contributed by atoms with E-state index < -0.39 is 0 Å². The number of nitrogens with two attached hydrogens (primary N) is 1. The molecule has 1 aliphatic carbocycles. The molecule has 3 N–H and O–H groups in total. The molecule has 1 fully saturated rings. The smallest absolute Gasteiger partial charge is 0.236 e. The van der Waals surface area contributed by atoms with E-state index in [0.29, 0.717) is 12.0 Å². The second-order valence-corrected chi connectivity index (χ2v) is 4.13. The van der Waals surface area contributed by atoms with Gasteiger partial charge in [-0.3, -0.25) is 4.79 Å². The number of rotatable bonds is 3. The van der Waals surface area contributed by atoms with E-state index in [0.717, 1.165) is 0 Å². The van der Waals surface area contributed by atoms with E-state index in [4.69, 9.17) is 5.73 Å². The molecule has 0 radical (unpaired) electrons. The van der Waals surface area contributed by atoms with Gasteiger partial charge in [0.15, 0.2) is 0 Å². The summed E-state index contributed by atoms with van der Waals surface area (Å²) >= 11 is 0. The molecule has 3 heteroatoms. The van der Waals surface area contributed by atoms with Crippen molar-refractivity contribution in [2.45, 2.75) is 51.6 Å². The van der Waals surface area contributed by atoms with Crippen molar-refractivity contribution in [2.24, 2.45) is 11.7 Å². The number of hydrogen-bond donors (Lipinski definition) is 2. The van der Waals surface area contributed by atoms with Crippen LogP contribution in [0.2, 0.25) is 0 Å². The monoisotopic (exact) mass is 184 g/mol. The Morgan fingerprint density at radius 3 is 2.38 bits per heavy atom. The molecule has 0 aliphatic heterocycles. The minimum Gasteiger partial charge on any atom is -0.352 e. The lowest BCUT2D eigenvalue weighted by Gasteiger charge is -2.21. The van der Waals surface area contributed by atoms with Crippen LogP contribution >= 0.6 is 0 Å². The van der Waals surface area contributed by atoms with Gasteiger partial charge in [-0.15, -0.1) is 0 Å². The first-order valence-electron chi connectivity index (χ1n) is 5.17. The molecule has 76 valence electrons. The Morgan fingerprint density at radius 2 is 1.92 bits per heavy atom. The van der Waals surface area contributed by atoms with Crippen LogP contribution in [0.5, 0.6) is 0 Å². The van der Waals surface area contributed by atoms with Gasteiger partial charge in [-0.05, 0) is 32.6 Å².